The molecule has 2 fully saturated rings. The molecule has 2 unspecified atom stereocenters. The summed E-state index contributed by atoms with van der Waals surface area (Å²) in [6.07, 6.45) is -0.145. The van der Waals surface area contributed by atoms with Crippen LogP contribution in [0.4, 0.5) is 10.6 Å². The van der Waals surface area contributed by atoms with Gasteiger partial charge in [0, 0.05) is 44.8 Å². The number of benzene rings is 1. The topological polar surface area (TPSA) is 91.1 Å². The maximum Gasteiger partial charge on any atom is 0.411 e. The molecule has 0 saturated carbocycles. The van der Waals surface area contributed by atoms with Crippen molar-refractivity contribution < 1.29 is 19.4 Å². The third kappa shape index (κ3) is 5.13. The normalized spacial score (nSPS) is 21.9. The summed E-state index contributed by atoms with van der Waals surface area (Å²) in [5.41, 5.74) is 1.32. The van der Waals surface area contributed by atoms with E-state index < -0.39 is 23.7 Å². The van der Waals surface area contributed by atoms with E-state index in [1.54, 1.807) is 20.8 Å². The molecule has 1 aromatic carbocycles. The zero-order valence-electron chi connectivity index (χ0n) is 19.8. The second kappa shape index (κ2) is 9.05. The summed E-state index contributed by atoms with van der Waals surface area (Å²) in [5, 5.41) is 14.4. The van der Waals surface area contributed by atoms with Crippen LogP contribution < -0.4 is 4.90 Å². The fourth-order valence-corrected chi connectivity index (χ4v) is 4.62. The van der Waals surface area contributed by atoms with Crippen molar-refractivity contribution in [3.05, 3.63) is 42.1 Å². The fourth-order valence-electron chi connectivity index (χ4n) is 4.62. The minimum absolute atomic E-state index is 0.00142. The summed E-state index contributed by atoms with van der Waals surface area (Å²) in [5.74, 6) is 0.0767. The average Bonchev–Trinajstić information content (AvgIpc) is 3.38. The number of rotatable bonds is 4. The molecule has 2 aromatic rings. The minimum atomic E-state index is -0.982. The van der Waals surface area contributed by atoms with Crippen molar-refractivity contribution in [3.63, 3.8) is 0 Å². The van der Waals surface area contributed by atoms with Crippen LogP contribution in [0.15, 0.2) is 36.4 Å². The third-order valence-electron chi connectivity index (χ3n) is 6.16. The lowest BCUT2D eigenvalue weighted by atomic mass is 10.1. The Labute approximate surface area is 194 Å². The van der Waals surface area contributed by atoms with E-state index in [1.807, 2.05) is 41.9 Å². The standard InChI is InChI=1S/C24H33N5O4/c1-17-14-21(29(25-17)18-8-6-5-7-9-18)27-12-10-26(11-13-27)19-15-20(22(30)31)28(16-19)23(32)33-24(2,3)4/h5-9,14,19-20H,10-13,15-16H2,1-4H3,(H,30,31). The molecule has 0 spiro atoms. The number of ether oxygens (including phenoxy) is 1. The van der Waals surface area contributed by atoms with Crippen molar-refractivity contribution in [1.29, 1.82) is 0 Å². The highest BCUT2D eigenvalue weighted by Gasteiger charge is 2.44. The molecule has 33 heavy (non-hydrogen) atoms. The van der Waals surface area contributed by atoms with Crippen molar-refractivity contribution in [3.8, 4) is 5.69 Å². The molecule has 2 aliphatic heterocycles. The number of aryl methyl sites for hydroxylation is 1. The number of carbonyl (C=O) groups excluding carboxylic acids is 1. The number of hydrogen-bond acceptors (Lipinski definition) is 6. The molecular formula is C24H33N5O4. The van der Waals surface area contributed by atoms with Gasteiger partial charge in [-0.2, -0.15) is 5.10 Å². The first-order valence-corrected chi connectivity index (χ1v) is 11.5. The van der Waals surface area contributed by atoms with Gasteiger partial charge in [0.1, 0.15) is 17.5 Å². The summed E-state index contributed by atoms with van der Waals surface area (Å²) >= 11 is 0. The lowest BCUT2D eigenvalue weighted by molar-refractivity contribution is -0.142. The van der Waals surface area contributed by atoms with Crippen LogP contribution >= 0.6 is 0 Å². The molecule has 2 saturated heterocycles. The third-order valence-corrected chi connectivity index (χ3v) is 6.16. The van der Waals surface area contributed by atoms with E-state index in [0.29, 0.717) is 13.0 Å². The average molecular weight is 456 g/mol. The molecule has 1 amide bonds. The van der Waals surface area contributed by atoms with Crippen LogP contribution in [-0.4, -0.2) is 87.2 Å². The highest BCUT2D eigenvalue weighted by molar-refractivity contribution is 5.81. The summed E-state index contributed by atoms with van der Waals surface area (Å²) in [7, 11) is 0. The molecule has 9 heteroatoms. The van der Waals surface area contributed by atoms with E-state index in [1.165, 1.54) is 4.90 Å². The van der Waals surface area contributed by atoms with Crippen molar-refractivity contribution in [1.82, 2.24) is 19.6 Å². The van der Waals surface area contributed by atoms with E-state index in [9.17, 15) is 14.7 Å². The molecule has 3 heterocycles. The monoisotopic (exact) mass is 455 g/mol. The SMILES string of the molecule is Cc1cc(N2CCN(C3CC(C(=O)O)N(C(=O)OC(C)(C)C)C3)CC2)n(-c2ccccc2)n1. The number of aromatic nitrogens is 2. The van der Waals surface area contributed by atoms with Gasteiger partial charge >= 0.3 is 12.1 Å². The number of amides is 1. The smallest absolute Gasteiger partial charge is 0.411 e. The van der Waals surface area contributed by atoms with Gasteiger partial charge in [0.25, 0.3) is 0 Å². The van der Waals surface area contributed by atoms with Gasteiger partial charge in [-0.15, -0.1) is 0 Å². The molecular weight excluding hydrogens is 422 g/mol. The maximum atomic E-state index is 12.6. The Kier molecular flexibility index (Phi) is 6.34. The zero-order valence-corrected chi connectivity index (χ0v) is 19.8. The Morgan fingerprint density at radius 1 is 1.09 bits per heavy atom. The molecule has 0 radical (unpaired) electrons. The number of likely N-dealkylation sites (tertiary alicyclic amines) is 1. The van der Waals surface area contributed by atoms with E-state index in [0.717, 1.165) is 43.4 Å². The number of carbonyl (C=O) groups is 2. The number of anilines is 1. The molecule has 4 rings (SSSR count). The van der Waals surface area contributed by atoms with Gasteiger partial charge < -0.3 is 14.7 Å². The van der Waals surface area contributed by atoms with Crippen LogP contribution in [0.3, 0.4) is 0 Å². The van der Waals surface area contributed by atoms with Crippen LogP contribution in [0.25, 0.3) is 5.69 Å². The number of para-hydroxylation sites is 1. The van der Waals surface area contributed by atoms with Gasteiger partial charge in [-0.1, -0.05) is 18.2 Å². The van der Waals surface area contributed by atoms with E-state index >= 15 is 0 Å². The van der Waals surface area contributed by atoms with Crippen molar-refractivity contribution in [2.24, 2.45) is 0 Å². The zero-order chi connectivity index (χ0) is 23.8. The summed E-state index contributed by atoms with van der Waals surface area (Å²) < 4.78 is 7.43. The highest BCUT2D eigenvalue weighted by Crippen LogP contribution is 2.28. The van der Waals surface area contributed by atoms with Gasteiger partial charge in [0.15, 0.2) is 0 Å². The Hall–Kier alpha value is -3.07. The van der Waals surface area contributed by atoms with E-state index in [-0.39, 0.29) is 6.04 Å². The molecule has 0 aliphatic carbocycles. The van der Waals surface area contributed by atoms with Gasteiger partial charge in [0.05, 0.1) is 11.4 Å². The second-order valence-electron chi connectivity index (χ2n) is 9.79. The number of aliphatic carboxylic acids is 1. The molecule has 2 atom stereocenters. The fraction of sp³-hybridized carbons (Fsp3) is 0.542. The van der Waals surface area contributed by atoms with Gasteiger partial charge in [-0.05, 0) is 46.2 Å². The van der Waals surface area contributed by atoms with Crippen LogP contribution in [0.2, 0.25) is 0 Å². The summed E-state index contributed by atoms with van der Waals surface area (Å²) in [6, 6.07) is 11.3. The first kappa shape index (κ1) is 23.1. The first-order valence-electron chi connectivity index (χ1n) is 11.5. The quantitative estimate of drug-likeness (QED) is 0.758. The van der Waals surface area contributed by atoms with Crippen LogP contribution in [-0.2, 0) is 9.53 Å². The second-order valence-corrected chi connectivity index (χ2v) is 9.79. The number of nitrogens with zero attached hydrogens (tertiary/aromatic N) is 5. The number of hydrogen-bond donors (Lipinski definition) is 1. The van der Waals surface area contributed by atoms with Crippen molar-refractivity contribution in [2.75, 3.05) is 37.6 Å². The summed E-state index contributed by atoms with van der Waals surface area (Å²) in [6.45, 7) is 10.9. The van der Waals surface area contributed by atoms with Crippen molar-refractivity contribution >= 4 is 17.9 Å². The van der Waals surface area contributed by atoms with Gasteiger partial charge in [-0.25, -0.2) is 14.3 Å². The molecule has 9 nitrogen and oxygen atoms in total. The molecule has 1 N–H and O–H groups in total. The molecule has 178 valence electrons. The molecule has 0 bridgehead atoms. The highest BCUT2D eigenvalue weighted by atomic mass is 16.6. The van der Waals surface area contributed by atoms with E-state index in [4.69, 9.17) is 4.74 Å². The van der Waals surface area contributed by atoms with Gasteiger partial charge in [-0.3, -0.25) is 9.80 Å². The number of carboxylic acids is 1. The Bertz CT molecular complexity index is 992. The first-order chi connectivity index (χ1) is 15.6. The molecule has 1 aromatic heterocycles. The summed E-state index contributed by atoms with van der Waals surface area (Å²) in [4.78, 5) is 30.4. The number of carboxylic acid groups (broad SMARTS) is 1. The maximum absolute atomic E-state index is 12.6. The van der Waals surface area contributed by atoms with Crippen LogP contribution in [0.1, 0.15) is 32.9 Å². The predicted octanol–water partition coefficient (Wildman–Crippen LogP) is 2.77. The predicted molar refractivity (Wildman–Crippen MR) is 125 cm³/mol. The van der Waals surface area contributed by atoms with E-state index in [2.05, 4.69) is 21.0 Å². The number of piperazine rings is 1. The van der Waals surface area contributed by atoms with Gasteiger partial charge in [0.2, 0.25) is 0 Å². The van der Waals surface area contributed by atoms with Crippen LogP contribution in [0.5, 0.6) is 0 Å². The Morgan fingerprint density at radius 3 is 2.36 bits per heavy atom. The Balaban J connectivity index is 1.42. The Morgan fingerprint density at radius 2 is 1.76 bits per heavy atom. The largest absolute Gasteiger partial charge is 0.480 e. The lowest BCUT2D eigenvalue weighted by Crippen LogP contribution is -2.51. The lowest BCUT2D eigenvalue weighted by Gasteiger charge is -2.38. The molecule has 2 aliphatic rings. The van der Waals surface area contributed by atoms with Crippen molar-refractivity contribution in [2.45, 2.75) is 51.8 Å². The minimum Gasteiger partial charge on any atom is -0.480 e. The van der Waals surface area contributed by atoms with Crippen LogP contribution in [0, 0.1) is 6.92 Å².